The Morgan fingerprint density at radius 1 is 1.55 bits per heavy atom. The summed E-state index contributed by atoms with van der Waals surface area (Å²) in [5.74, 6) is 0. The van der Waals surface area contributed by atoms with Crippen molar-refractivity contribution >= 4 is 0 Å². The predicted molar refractivity (Wildman–Crippen MR) is 45.0 cm³/mol. The highest BCUT2D eigenvalue weighted by atomic mass is 16.7. The molecule has 1 fully saturated rings. The van der Waals surface area contributed by atoms with Gasteiger partial charge < -0.3 is 0 Å². The molecule has 2 N–H and O–H groups in total. The first-order valence-corrected chi connectivity index (χ1v) is 4.20. The highest BCUT2D eigenvalue weighted by molar-refractivity contribution is 4.73. The Labute approximate surface area is 68.5 Å². The normalized spacial score (nSPS) is 31.4. The topological polar surface area (TPSA) is 33.3 Å². The van der Waals surface area contributed by atoms with Crippen LogP contribution in [0.1, 0.15) is 26.7 Å². The smallest absolute Gasteiger partial charge is 0.129 e. The third kappa shape index (κ3) is 2.77. The molecule has 66 valence electrons. The molecule has 1 saturated heterocycles. The maximum absolute atomic E-state index is 5.33. The third-order valence-corrected chi connectivity index (χ3v) is 2.18. The molecule has 0 spiro atoms. The largest absolute Gasteiger partial charge is 0.294 e. The van der Waals surface area contributed by atoms with Crippen molar-refractivity contribution in [1.29, 1.82) is 0 Å². The number of hydrogen-bond donors (Lipinski definition) is 2. The molecule has 11 heavy (non-hydrogen) atoms. The Kier molecular flexibility index (Phi) is 2.87. The Morgan fingerprint density at radius 2 is 2.27 bits per heavy atom. The second kappa shape index (κ2) is 3.52. The van der Waals surface area contributed by atoms with Gasteiger partial charge in [0.25, 0.3) is 0 Å². The van der Waals surface area contributed by atoms with Crippen LogP contribution in [-0.2, 0) is 4.84 Å². The molecule has 1 atom stereocenters. The molecule has 0 radical (unpaired) electrons. The lowest BCUT2D eigenvalue weighted by molar-refractivity contribution is -0.0340. The number of hydroxylamine groups is 1. The maximum atomic E-state index is 5.33. The van der Waals surface area contributed by atoms with Crippen molar-refractivity contribution in [1.82, 2.24) is 10.8 Å². The van der Waals surface area contributed by atoms with Crippen molar-refractivity contribution < 1.29 is 4.84 Å². The van der Waals surface area contributed by atoms with Gasteiger partial charge in [-0.15, -0.1) is 0 Å². The highest BCUT2D eigenvalue weighted by Crippen LogP contribution is 2.24. The molecular formula is C8H18N2O. The summed E-state index contributed by atoms with van der Waals surface area (Å²) >= 11 is 0. The van der Waals surface area contributed by atoms with Crippen LogP contribution in [0.25, 0.3) is 0 Å². The van der Waals surface area contributed by atoms with Gasteiger partial charge in [-0.05, 0) is 25.3 Å². The molecule has 0 amide bonds. The van der Waals surface area contributed by atoms with E-state index >= 15 is 0 Å². The van der Waals surface area contributed by atoms with Crippen LogP contribution >= 0.6 is 0 Å². The third-order valence-electron chi connectivity index (χ3n) is 2.18. The first-order valence-electron chi connectivity index (χ1n) is 4.20. The summed E-state index contributed by atoms with van der Waals surface area (Å²) in [5, 5.41) is 3.10. The summed E-state index contributed by atoms with van der Waals surface area (Å²) in [4.78, 5) is 5.33. The molecule has 3 nitrogen and oxygen atoms in total. The zero-order valence-electron chi connectivity index (χ0n) is 7.61. The van der Waals surface area contributed by atoms with E-state index in [1.165, 1.54) is 6.42 Å². The lowest BCUT2D eigenvalue weighted by atomic mass is 9.88. The minimum atomic E-state index is 0.178. The number of nitrogens with one attached hydrogen (secondary N) is 2. The van der Waals surface area contributed by atoms with Gasteiger partial charge in [0.15, 0.2) is 0 Å². The van der Waals surface area contributed by atoms with E-state index < -0.39 is 0 Å². The van der Waals surface area contributed by atoms with E-state index in [-0.39, 0.29) is 6.23 Å². The fourth-order valence-corrected chi connectivity index (χ4v) is 1.21. The van der Waals surface area contributed by atoms with E-state index in [2.05, 4.69) is 24.6 Å². The molecule has 0 aromatic carbocycles. The summed E-state index contributed by atoms with van der Waals surface area (Å²) in [6.45, 7) is 5.44. The van der Waals surface area contributed by atoms with Crippen LogP contribution in [-0.4, -0.2) is 19.8 Å². The molecule has 0 aromatic heterocycles. The van der Waals surface area contributed by atoms with E-state index in [4.69, 9.17) is 4.84 Å². The second-order valence-corrected chi connectivity index (χ2v) is 3.92. The average Bonchev–Trinajstić information content (AvgIpc) is 2.10. The van der Waals surface area contributed by atoms with Crippen LogP contribution in [0.4, 0.5) is 0 Å². The maximum Gasteiger partial charge on any atom is 0.129 e. The van der Waals surface area contributed by atoms with Crippen molar-refractivity contribution in [2.75, 3.05) is 13.6 Å². The van der Waals surface area contributed by atoms with Crippen LogP contribution in [0.2, 0.25) is 0 Å². The molecule has 1 unspecified atom stereocenters. The Hall–Kier alpha value is -0.120. The van der Waals surface area contributed by atoms with Crippen molar-refractivity contribution in [2.24, 2.45) is 5.41 Å². The van der Waals surface area contributed by atoms with Gasteiger partial charge in [0, 0.05) is 6.54 Å². The molecule has 0 aliphatic carbocycles. The second-order valence-electron chi connectivity index (χ2n) is 3.92. The monoisotopic (exact) mass is 158 g/mol. The van der Waals surface area contributed by atoms with Crippen LogP contribution in [0.15, 0.2) is 0 Å². The predicted octanol–water partition coefficient (Wildman–Crippen LogP) is 0.873. The van der Waals surface area contributed by atoms with Gasteiger partial charge in [-0.3, -0.25) is 10.2 Å². The van der Waals surface area contributed by atoms with Crippen LogP contribution in [0.5, 0.6) is 0 Å². The number of hydrogen-bond acceptors (Lipinski definition) is 3. The number of rotatable bonds is 1. The summed E-state index contributed by atoms with van der Waals surface area (Å²) in [5.41, 5.74) is 3.34. The molecule has 0 aromatic rings. The van der Waals surface area contributed by atoms with Gasteiger partial charge >= 0.3 is 0 Å². The summed E-state index contributed by atoms with van der Waals surface area (Å²) in [7, 11) is 1.92. The minimum Gasteiger partial charge on any atom is -0.294 e. The van der Waals surface area contributed by atoms with Gasteiger partial charge in [-0.25, -0.2) is 5.48 Å². The molecule has 1 aliphatic heterocycles. The molecule has 3 heteroatoms. The molecule has 1 rings (SSSR count). The van der Waals surface area contributed by atoms with E-state index in [1.54, 1.807) is 0 Å². The van der Waals surface area contributed by atoms with E-state index in [1.807, 2.05) is 7.05 Å². The Morgan fingerprint density at radius 3 is 2.91 bits per heavy atom. The zero-order chi connectivity index (χ0) is 8.32. The summed E-state index contributed by atoms with van der Waals surface area (Å²) in [6, 6.07) is 0. The zero-order valence-corrected chi connectivity index (χ0v) is 7.61. The minimum absolute atomic E-state index is 0.178. The van der Waals surface area contributed by atoms with Crippen molar-refractivity contribution in [2.45, 2.75) is 32.9 Å². The van der Waals surface area contributed by atoms with Crippen LogP contribution in [0.3, 0.4) is 0 Å². The van der Waals surface area contributed by atoms with Gasteiger partial charge in [0.05, 0.1) is 0 Å². The first-order chi connectivity index (χ1) is 5.14. The molecule has 0 bridgehead atoms. The van der Waals surface area contributed by atoms with E-state index in [9.17, 15) is 0 Å². The fourth-order valence-electron chi connectivity index (χ4n) is 1.21. The van der Waals surface area contributed by atoms with Crippen LogP contribution < -0.4 is 10.8 Å². The molecule has 1 aliphatic rings. The summed E-state index contributed by atoms with van der Waals surface area (Å²) in [6.07, 6.45) is 2.46. The van der Waals surface area contributed by atoms with Gasteiger partial charge in [-0.2, -0.15) is 0 Å². The average molecular weight is 158 g/mol. The quantitative estimate of drug-likeness (QED) is 0.594. The van der Waals surface area contributed by atoms with Crippen LogP contribution in [0, 0.1) is 5.41 Å². The van der Waals surface area contributed by atoms with Crippen molar-refractivity contribution in [3.8, 4) is 0 Å². The van der Waals surface area contributed by atoms with Gasteiger partial charge in [-0.1, -0.05) is 13.8 Å². The lowest BCUT2D eigenvalue weighted by Gasteiger charge is -2.20. The molecule has 1 heterocycles. The molecule has 0 saturated carbocycles. The molecular weight excluding hydrogens is 140 g/mol. The first kappa shape index (κ1) is 8.97. The SMILES string of the molecule is CNC1CCC(C)(C)CNO1. The standard InChI is InChI=1S/C8H18N2O/c1-8(2)5-4-7(9-3)11-10-6-8/h7,9-10H,4-6H2,1-3H3. The Bertz CT molecular complexity index is 125. The van der Waals surface area contributed by atoms with E-state index in [0.29, 0.717) is 5.41 Å². The van der Waals surface area contributed by atoms with Crippen molar-refractivity contribution in [3.63, 3.8) is 0 Å². The fraction of sp³-hybridized carbons (Fsp3) is 1.00. The van der Waals surface area contributed by atoms with E-state index in [0.717, 1.165) is 13.0 Å². The van der Waals surface area contributed by atoms with Gasteiger partial charge in [0.2, 0.25) is 0 Å². The highest BCUT2D eigenvalue weighted by Gasteiger charge is 2.23. The van der Waals surface area contributed by atoms with Gasteiger partial charge in [0.1, 0.15) is 6.23 Å². The Balaban J connectivity index is 2.39. The summed E-state index contributed by atoms with van der Waals surface area (Å²) < 4.78 is 0. The van der Waals surface area contributed by atoms with Crippen molar-refractivity contribution in [3.05, 3.63) is 0 Å². The lowest BCUT2D eigenvalue weighted by Crippen LogP contribution is -2.33.